The number of ether oxygens (including phenoxy) is 3. The van der Waals surface area contributed by atoms with Crippen LogP contribution in [0.2, 0.25) is 0 Å². The Labute approximate surface area is 366 Å². The van der Waals surface area contributed by atoms with Gasteiger partial charge in [0.05, 0.1) is 0 Å². The fourth-order valence-electron chi connectivity index (χ4n) is 7.48. The summed E-state index contributed by atoms with van der Waals surface area (Å²) in [5.74, 6) is -0.875. The zero-order valence-corrected chi connectivity index (χ0v) is 39.5. The maximum absolute atomic E-state index is 12.8. The van der Waals surface area contributed by atoms with Crippen LogP contribution < -0.4 is 0 Å². The first-order chi connectivity index (χ1) is 29.0. The number of allylic oxidation sites excluding steroid dienone is 4. The molecule has 0 unspecified atom stereocenters. The molecule has 0 fully saturated rings. The molecule has 0 spiro atoms. The lowest BCUT2D eigenvalue weighted by Gasteiger charge is -2.18. The van der Waals surface area contributed by atoms with Crippen LogP contribution in [0.4, 0.5) is 0 Å². The van der Waals surface area contributed by atoms with E-state index < -0.39 is 6.10 Å². The van der Waals surface area contributed by atoms with Crippen molar-refractivity contribution in [2.24, 2.45) is 0 Å². The highest BCUT2D eigenvalue weighted by atomic mass is 16.6. The summed E-state index contributed by atoms with van der Waals surface area (Å²) < 4.78 is 16.8. The van der Waals surface area contributed by atoms with Gasteiger partial charge in [0.1, 0.15) is 13.2 Å². The molecule has 0 aliphatic carbocycles. The van der Waals surface area contributed by atoms with Crippen molar-refractivity contribution in [2.75, 3.05) is 13.2 Å². The van der Waals surface area contributed by atoms with Gasteiger partial charge >= 0.3 is 17.9 Å². The Bertz CT molecular complexity index is 958. The molecule has 0 aliphatic heterocycles. The number of unbranched alkanes of at least 4 members (excludes halogenated alkanes) is 32. The Morgan fingerprint density at radius 1 is 0.322 bits per heavy atom. The minimum atomic E-state index is -0.770. The van der Waals surface area contributed by atoms with Crippen molar-refractivity contribution in [3.8, 4) is 0 Å². The molecule has 346 valence electrons. The van der Waals surface area contributed by atoms with E-state index in [0.717, 1.165) is 64.2 Å². The third-order valence-electron chi connectivity index (χ3n) is 11.4. The summed E-state index contributed by atoms with van der Waals surface area (Å²) in [4.78, 5) is 37.9. The fraction of sp³-hybridized carbons (Fsp3) is 0.868. The molecule has 0 radical (unpaired) electrons. The normalized spacial score (nSPS) is 12.1. The van der Waals surface area contributed by atoms with Crippen LogP contribution in [0.5, 0.6) is 0 Å². The van der Waals surface area contributed by atoms with Crippen molar-refractivity contribution in [1.29, 1.82) is 0 Å². The molecule has 6 nitrogen and oxygen atoms in total. The molecule has 0 saturated heterocycles. The van der Waals surface area contributed by atoms with Crippen molar-refractivity contribution in [1.82, 2.24) is 0 Å². The van der Waals surface area contributed by atoms with Gasteiger partial charge < -0.3 is 14.2 Å². The molecule has 0 rings (SSSR count). The number of hydrogen-bond acceptors (Lipinski definition) is 6. The fourth-order valence-corrected chi connectivity index (χ4v) is 7.48. The highest BCUT2D eigenvalue weighted by Gasteiger charge is 2.19. The zero-order chi connectivity index (χ0) is 43.0. The van der Waals surface area contributed by atoms with Crippen molar-refractivity contribution in [3.63, 3.8) is 0 Å². The van der Waals surface area contributed by atoms with Crippen LogP contribution in [0, 0.1) is 0 Å². The first-order valence-electron chi connectivity index (χ1n) is 25.8. The zero-order valence-electron chi connectivity index (χ0n) is 39.5. The molecule has 0 aliphatic rings. The van der Waals surface area contributed by atoms with Crippen molar-refractivity contribution in [2.45, 2.75) is 284 Å². The highest BCUT2D eigenvalue weighted by molar-refractivity contribution is 5.71. The van der Waals surface area contributed by atoms with Gasteiger partial charge in [0.2, 0.25) is 0 Å². The van der Waals surface area contributed by atoms with Gasteiger partial charge in [-0.1, -0.05) is 218 Å². The molecule has 1 atom stereocenters. The van der Waals surface area contributed by atoms with Crippen LogP contribution in [0.25, 0.3) is 0 Å². The van der Waals surface area contributed by atoms with Gasteiger partial charge in [-0.25, -0.2) is 0 Å². The van der Waals surface area contributed by atoms with Crippen LogP contribution >= 0.6 is 0 Å². The maximum Gasteiger partial charge on any atom is 0.306 e. The molecular formula is C53H98O6. The van der Waals surface area contributed by atoms with Gasteiger partial charge in [-0.15, -0.1) is 0 Å². The van der Waals surface area contributed by atoms with Crippen molar-refractivity contribution >= 4 is 17.9 Å². The number of esters is 3. The first-order valence-corrected chi connectivity index (χ1v) is 25.8. The minimum Gasteiger partial charge on any atom is -0.462 e. The third-order valence-corrected chi connectivity index (χ3v) is 11.4. The van der Waals surface area contributed by atoms with E-state index in [9.17, 15) is 14.4 Å². The second-order valence-corrected chi connectivity index (χ2v) is 17.4. The van der Waals surface area contributed by atoms with E-state index in [1.165, 1.54) is 173 Å². The Hall–Kier alpha value is -2.11. The van der Waals surface area contributed by atoms with Crippen LogP contribution in [-0.2, 0) is 28.6 Å². The van der Waals surface area contributed by atoms with Crippen molar-refractivity contribution < 1.29 is 28.6 Å². The minimum absolute atomic E-state index is 0.0727. The lowest BCUT2D eigenvalue weighted by Crippen LogP contribution is -2.30. The summed E-state index contributed by atoms with van der Waals surface area (Å²) in [6, 6.07) is 0. The average Bonchev–Trinajstić information content (AvgIpc) is 3.23. The molecule has 0 N–H and O–H groups in total. The monoisotopic (exact) mass is 831 g/mol. The summed E-state index contributed by atoms with van der Waals surface area (Å²) >= 11 is 0. The van der Waals surface area contributed by atoms with Gasteiger partial charge in [-0.3, -0.25) is 14.4 Å². The number of rotatable bonds is 47. The summed E-state index contributed by atoms with van der Waals surface area (Å²) in [5, 5.41) is 0. The van der Waals surface area contributed by atoms with Crippen molar-refractivity contribution in [3.05, 3.63) is 24.3 Å². The van der Waals surface area contributed by atoms with E-state index in [1.807, 2.05) is 0 Å². The Morgan fingerprint density at radius 2 is 0.576 bits per heavy atom. The first kappa shape index (κ1) is 56.9. The summed E-state index contributed by atoms with van der Waals surface area (Å²) in [6.07, 6.45) is 54.4. The van der Waals surface area contributed by atoms with Gasteiger partial charge in [0, 0.05) is 19.3 Å². The van der Waals surface area contributed by atoms with Crippen LogP contribution in [0.1, 0.15) is 278 Å². The second kappa shape index (κ2) is 48.6. The Balaban J connectivity index is 4.32. The molecule has 0 aromatic carbocycles. The molecular weight excluding hydrogens is 733 g/mol. The van der Waals surface area contributed by atoms with Gasteiger partial charge in [-0.05, 0) is 64.2 Å². The predicted octanol–water partition coefficient (Wildman–Crippen LogP) is 16.8. The van der Waals surface area contributed by atoms with Gasteiger partial charge in [0.25, 0.3) is 0 Å². The van der Waals surface area contributed by atoms with E-state index >= 15 is 0 Å². The summed E-state index contributed by atoms with van der Waals surface area (Å²) in [7, 11) is 0. The lowest BCUT2D eigenvalue weighted by molar-refractivity contribution is -0.167. The standard InChI is InChI=1S/C53H98O6/c1-4-7-10-13-16-19-22-24-25-26-27-29-31-34-37-40-43-46-52(55)58-49-50(48-57-51(54)45-42-39-36-33-30-21-18-15-12-9-6-3)59-53(56)47-44-41-38-35-32-28-23-20-17-14-11-8-5-2/h15,18,24-25,50H,4-14,16-17,19-23,26-49H2,1-3H3/b18-15-,25-24-/t50-/m1/s1. The average molecular weight is 831 g/mol. The quantitative estimate of drug-likeness (QED) is 0.0263. The molecule has 0 aromatic rings. The Kier molecular flexibility index (Phi) is 46.8. The van der Waals surface area contributed by atoms with E-state index in [4.69, 9.17) is 14.2 Å². The third kappa shape index (κ3) is 46.8. The molecule has 0 aromatic heterocycles. The van der Waals surface area contributed by atoms with Crippen LogP contribution in [0.15, 0.2) is 24.3 Å². The molecule has 59 heavy (non-hydrogen) atoms. The van der Waals surface area contributed by atoms with E-state index in [0.29, 0.717) is 19.3 Å². The largest absolute Gasteiger partial charge is 0.462 e. The smallest absolute Gasteiger partial charge is 0.306 e. The molecule has 0 bridgehead atoms. The summed E-state index contributed by atoms with van der Waals surface area (Å²) in [5.41, 5.74) is 0. The molecule has 0 heterocycles. The molecule has 0 saturated carbocycles. The second-order valence-electron chi connectivity index (χ2n) is 17.4. The Morgan fingerprint density at radius 3 is 0.898 bits per heavy atom. The van der Waals surface area contributed by atoms with E-state index in [2.05, 4.69) is 45.1 Å². The molecule has 6 heteroatoms. The van der Waals surface area contributed by atoms with Crippen LogP contribution in [0.3, 0.4) is 0 Å². The highest BCUT2D eigenvalue weighted by Crippen LogP contribution is 2.15. The number of carbonyl (C=O) groups is 3. The maximum atomic E-state index is 12.8. The predicted molar refractivity (Wildman–Crippen MR) is 252 cm³/mol. The molecule has 0 amide bonds. The van der Waals surface area contributed by atoms with Gasteiger partial charge in [-0.2, -0.15) is 0 Å². The SMILES string of the molecule is CCCC/C=C\CCCCCCCC(=O)OC[C@H](COC(=O)CCCCCCCCC/C=C\CCCCCCCC)OC(=O)CCCCCCCCCCCCCCC. The topological polar surface area (TPSA) is 78.9 Å². The number of carbonyl (C=O) groups excluding carboxylic acids is 3. The van der Waals surface area contributed by atoms with E-state index in [-0.39, 0.29) is 31.1 Å². The van der Waals surface area contributed by atoms with Crippen LogP contribution in [-0.4, -0.2) is 37.2 Å². The summed E-state index contributed by atoms with van der Waals surface area (Å²) in [6.45, 7) is 6.61. The number of hydrogen-bond donors (Lipinski definition) is 0. The lowest BCUT2D eigenvalue weighted by atomic mass is 10.0. The van der Waals surface area contributed by atoms with E-state index in [1.54, 1.807) is 0 Å². The van der Waals surface area contributed by atoms with Gasteiger partial charge in [0.15, 0.2) is 6.10 Å².